The first kappa shape index (κ1) is 11.6. The summed E-state index contributed by atoms with van der Waals surface area (Å²) < 4.78 is 0. The lowest BCUT2D eigenvalue weighted by atomic mass is 10.1. The van der Waals surface area contributed by atoms with E-state index in [1.54, 1.807) is 25.3 Å². The number of aliphatic imine (C=N–C) groups is 1. The third-order valence-electron chi connectivity index (χ3n) is 2.02. The number of rotatable bonds is 5. The molecule has 80 valence electrons. The third-order valence-corrected chi connectivity index (χ3v) is 2.02. The zero-order chi connectivity index (χ0) is 11.1. The molecule has 0 aromatic heterocycles. The average Bonchev–Trinajstić information content (AvgIpc) is 2.29. The van der Waals surface area contributed by atoms with Crippen LogP contribution >= 0.6 is 0 Å². The van der Waals surface area contributed by atoms with Gasteiger partial charge >= 0.3 is 0 Å². The monoisotopic (exact) mass is 205 g/mol. The van der Waals surface area contributed by atoms with Gasteiger partial charge in [0.2, 0.25) is 0 Å². The minimum absolute atomic E-state index is 0.00443. The number of carbonyl (C=O) groups is 1. The SMILES string of the molecule is CC(N=CCCO)C(=O)c1ccccc1. The molecule has 0 saturated heterocycles. The van der Waals surface area contributed by atoms with Gasteiger partial charge in [-0.05, 0) is 6.92 Å². The summed E-state index contributed by atoms with van der Waals surface area (Å²) in [4.78, 5) is 15.8. The normalized spacial score (nSPS) is 12.9. The molecule has 0 aliphatic carbocycles. The second-order valence-corrected chi connectivity index (χ2v) is 3.25. The van der Waals surface area contributed by atoms with Gasteiger partial charge in [0.1, 0.15) is 6.04 Å². The molecule has 1 aromatic carbocycles. The van der Waals surface area contributed by atoms with Crippen LogP contribution in [0.25, 0.3) is 0 Å². The lowest BCUT2D eigenvalue weighted by Crippen LogP contribution is -2.14. The van der Waals surface area contributed by atoms with Crippen molar-refractivity contribution in [2.75, 3.05) is 6.61 Å². The Bertz CT molecular complexity index is 333. The van der Waals surface area contributed by atoms with E-state index in [0.29, 0.717) is 12.0 Å². The van der Waals surface area contributed by atoms with Gasteiger partial charge in [-0.25, -0.2) is 0 Å². The number of hydrogen-bond donors (Lipinski definition) is 1. The molecule has 15 heavy (non-hydrogen) atoms. The van der Waals surface area contributed by atoms with Crippen molar-refractivity contribution in [2.45, 2.75) is 19.4 Å². The van der Waals surface area contributed by atoms with Crippen LogP contribution in [0.3, 0.4) is 0 Å². The highest BCUT2D eigenvalue weighted by Crippen LogP contribution is 2.05. The summed E-state index contributed by atoms with van der Waals surface area (Å²) in [6.07, 6.45) is 2.08. The predicted molar refractivity (Wildman–Crippen MR) is 60.4 cm³/mol. The van der Waals surface area contributed by atoms with Gasteiger partial charge in [-0.2, -0.15) is 0 Å². The van der Waals surface area contributed by atoms with Crippen molar-refractivity contribution in [3.8, 4) is 0 Å². The van der Waals surface area contributed by atoms with Crippen molar-refractivity contribution in [2.24, 2.45) is 4.99 Å². The smallest absolute Gasteiger partial charge is 0.186 e. The number of benzene rings is 1. The van der Waals surface area contributed by atoms with Crippen molar-refractivity contribution < 1.29 is 9.90 Å². The van der Waals surface area contributed by atoms with Crippen LogP contribution in [-0.4, -0.2) is 29.8 Å². The molecule has 0 bridgehead atoms. The summed E-state index contributed by atoms with van der Waals surface area (Å²) in [6.45, 7) is 1.82. The number of aliphatic hydroxyl groups is 1. The minimum Gasteiger partial charge on any atom is -0.396 e. The first-order valence-corrected chi connectivity index (χ1v) is 4.97. The molecular formula is C12H15NO2. The van der Waals surface area contributed by atoms with Crippen LogP contribution in [0.2, 0.25) is 0 Å². The van der Waals surface area contributed by atoms with Gasteiger partial charge in [0, 0.05) is 24.8 Å². The Labute approximate surface area is 89.5 Å². The second kappa shape index (κ2) is 6.09. The lowest BCUT2D eigenvalue weighted by Gasteiger charge is -2.04. The van der Waals surface area contributed by atoms with E-state index < -0.39 is 0 Å². The fourth-order valence-corrected chi connectivity index (χ4v) is 1.20. The van der Waals surface area contributed by atoms with Crippen LogP contribution in [0, 0.1) is 0 Å². The molecule has 0 amide bonds. The zero-order valence-corrected chi connectivity index (χ0v) is 8.76. The Morgan fingerprint density at radius 1 is 1.47 bits per heavy atom. The molecule has 3 nitrogen and oxygen atoms in total. The van der Waals surface area contributed by atoms with E-state index in [1.807, 2.05) is 18.2 Å². The molecule has 1 atom stereocenters. The number of ketones is 1. The summed E-state index contributed by atoms with van der Waals surface area (Å²) in [5.74, 6) is 0.00443. The fourth-order valence-electron chi connectivity index (χ4n) is 1.20. The first-order chi connectivity index (χ1) is 7.25. The summed E-state index contributed by atoms with van der Waals surface area (Å²) >= 11 is 0. The van der Waals surface area contributed by atoms with Gasteiger partial charge in [-0.15, -0.1) is 0 Å². The van der Waals surface area contributed by atoms with E-state index in [4.69, 9.17) is 5.11 Å². The maximum atomic E-state index is 11.8. The molecule has 1 N–H and O–H groups in total. The minimum atomic E-state index is -0.376. The van der Waals surface area contributed by atoms with Crippen LogP contribution in [0.1, 0.15) is 23.7 Å². The molecule has 0 radical (unpaired) electrons. The Hall–Kier alpha value is -1.48. The number of nitrogens with zero attached hydrogens (tertiary/aromatic N) is 1. The molecule has 0 spiro atoms. The van der Waals surface area contributed by atoms with Crippen molar-refractivity contribution in [1.29, 1.82) is 0 Å². The maximum Gasteiger partial charge on any atom is 0.186 e. The van der Waals surface area contributed by atoms with Crippen molar-refractivity contribution in [3.05, 3.63) is 35.9 Å². The van der Waals surface area contributed by atoms with Crippen molar-refractivity contribution in [1.82, 2.24) is 0 Å². The zero-order valence-electron chi connectivity index (χ0n) is 8.76. The Morgan fingerprint density at radius 3 is 2.73 bits per heavy atom. The largest absolute Gasteiger partial charge is 0.396 e. The Kier molecular flexibility index (Phi) is 4.71. The quantitative estimate of drug-likeness (QED) is 0.587. The standard InChI is InChI=1S/C12H15NO2/c1-10(13-8-5-9-14)12(15)11-6-3-2-4-7-11/h2-4,6-8,10,14H,5,9H2,1H3. The summed E-state index contributed by atoms with van der Waals surface area (Å²) in [6, 6.07) is 8.71. The molecule has 1 unspecified atom stereocenters. The first-order valence-electron chi connectivity index (χ1n) is 4.97. The van der Waals surface area contributed by atoms with Crippen LogP contribution in [0.5, 0.6) is 0 Å². The molecule has 0 saturated carbocycles. The van der Waals surface area contributed by atoms with Crippen LogP contribution in [-0.2, 0) is 0 Å². The van der Waals surface area contributed by atoms with Gasteiger partial charge in [-0.3, -0.25) is 9.79 Å². The van der Waals surface area contributed by atoms with Crippen LogP contribution in [0.4, 0.5) is 0 Å². The Balaban J connectivity index is 2.61. The van der Waals surface area contributed by atoms with Crippen LogP contribution < -0.4 is 0 Å². The highest BCUT2D eigenvalue weighted by atomic mass is 16.2. The summed E-state index contributed by atoms with van der Waals surface area (Å²) in [5.41, 5.74) is 0.672. The highest BCUT2D eigenvalue weighted by Gasteiger charge is 2.12. The molecule has 0 fully saturated rings. The molecule has 0 heterocycles. The van der Waals surface area contributed by atoms with Gasteiger partial charge in [0.15, 0.2) is 5.78 Å². The molecular weight excluding hydrogens is 190 g/mol. The van der Waals surface area contributed by atoms with E-state index in [0.717, 1.165) is 0 Å². The van der Waals surface area contributed by atoms with Crippen molar-refractivity contribution in [3.63, 3.8) is 0 Å². The second-order valence-electron chi connectivity index (χ2n) is 3.25. The average molecular weight is 205 g/mol. The lowest BCUT2D eigenvalue weighted by molar-refractivity contribution is 0.0969. The number of hydrogen-bond acceptors (Lipinski definition) is 3. The maximum absolute atomic E-state index is 11.8. The van der Waals surface area contributed by atoms with Gasteiger partial charge in [0.05, 0.1) is 0 Å². The predicted octanol–water partition coefficient (Wildman–Crippen LogP) is 1.71. The molecule has 1 rings (SSSR count). The van der Waals surface area contributed by atoms with Gasteiger partial charge in [-0.1, -0.05) is 30.3 Å². The van der Waals surface area contributed by atoms with E-state index in [2.05, 4.69) is 4.99 Å². The third kappa shape index (κ3) is 3.64. The van der Waals surface area contributed by atoms with Crippen molar-refractivity contribution >= 4 is 12.0 Å². The van der Waals surface area contributed by atoms with E-state index in [9.17, 15) is 4.79 Å². The number of Topliss-reactive ketones (excluding diaryl/α,β-unsaturated/α-hetero) is 1. The summed E-state index contributed by atoms with van der Waals surface area (Å²) in [5, 5.41) is 8.56. The molecule has 0 aliphatic rings. The highest BCUT2D eigenvalue weighted by molar-refractivity contribution is 6.00. The summed E-state index contributed by atoms with van der Waals surface area (Å²) in [7, 11) is 0. The van der Waals surface area contributed by atoms with Gasteiger partial charge < -0.3 is 5.11 Å². The van der Waals surface area contributed by atoms with E-state index in [1.165, 1.54) is 0 Å². The molecule has 3 heteroatoms. The number of carbonyl (C=O) groups excluding carboxylic acids is 1. The molecule has 1 aromatic rings. The van der Waals surface area contributed by atoms with E-state index >= 15 is 0 Å². The van der Waals surface area contributed by atoms with E-state index in [-0.39, 0.29) is 18.4 Å². The Morgan fingerprint density at radius 2 is 2.13 bits per heavy atom. The van der Waals surface area contributed by atoms with Crippen LogP contribution in [0.15, 0.2) is 35.3 Å². The topological polar surface area (TPSA) is 49.7 Å². The molecule has 0 aliphatic heterocycles. The fraction of sp³-hybridized carbons (Fsp3) is 0.333. The van der Waals surface area contributed by atoms with Gasteiger partial charge in [0.25, 0.3) is 0 Å². The number of aliphatic hydroxyl groups excluding tert-OH is 1.